The van der Waals surface area contributed by atoms with E-state index in [0.29, 0.717) is 43.8 Å². The summed E-state index contributed by atoms with van der Waals surface area (Å²) in [5.74, 6) is -3.48. The molecule has 2 saturated heterocycles. The Bertz CT molecular complexity index is 1560. The average molecular weight is 578 g/mol. The van der Waals surface area contributed by atoms with Gasteiger partial charge in [-0.25, -0.2) is 9.59 Å². The van der Waals surface area contributed by atoms with Gasteiger partial charge in [-0.2, -0.15) is 0 Å². The molecule has 5 rings (SSSR count). The van der Waals surface area contributed by atoms with Gasteiger partial charge in [-0.3, -0.25) is 19.3 Å². The van der Waals surface area contributed by atoms with Crippen molar-refractivity contribution in [3.05, 3.63) is 76.4 Å². The molecule has 0 atom stereocenters. The summed E-state index contributed by atoms with van der Waals surface area (Å²) in [6.45, 7) is 1.99. The summed E-state index contributed by atoms with van der Waals surface area (Å²) in [5, 5.41) is 20.8. The number of hydrogen-bond donors (Lipinski definition) is 3. The predicted molar refractivity (Wildman–Crippen MR) is 149 cm³/mol. The molecule has 0 unspecified atom stereocenters. The molecule has 12 nitrogen and oxygen atoms in total. The first kappa shape index (κ1) is 27.7. The number of furan rings is 1. The lowest BCUT2D eigenvalue weighted by Gasteiger charge is -2.30. The third kappa shape index (κ3) is 6.15. The average Bonchev–Trinajstić information content (AvgIpc) is 3.53. The summed E-state index contributed by atoms with van der Waals surface area (Å²) in [6, 6.07) is 13.8. The lowest BCUT2D eigenvalue weighted by atomic mass is 10.0. The van der Waals surface area contributed by atoms with Gasteiger partial charge in [0.05, 0.1) is 40.6 Å². The number of morpholine rings is 1. The van der Waals surface area contributed by atoms with Gasteiger partial charge in [0.1, 0.15) is 18.1 Å². The number of thioether (sulfide) groups is 1. The molecule has 3 heterocycles. The minimum atomic E-state index is -1.30. The summed E-state index contributed by atoms with van der Waals surface area (Å²) >= 11 is 0.650. The zero-order valence-electron chi connectivity index (χ0n) is 21.4. The SMILES string of the molecule is O=C(CN1C(=O)SC(=Cc2ccc(-c3cc(C(=O)O)cc(C(=O)O)c3)o2)C1=O)Nc1ccccc1N1CCOCC1. The number of imide groups is 1. The normalized spacial score (nSPS) is 16.3. The Morgan fingerprint density at radius 3 is 2.32 bits per heavy atom. The monoisotopic (exact) mass is 577 g/mol. The topological polar surface area (TPSA) is 167 Å². The third-order valence-corrected chi connectivity index (χ3v) is 7.22. The smallest absolute Gasteiger partial charge is 0.335 e. The van der Waals surface area contributed by atoms with Gasteiger partial charge in [0.2, 0.25) is 5.91 Å². The molecule has 3 N–H and O–H groups in total. The number of carbonyl (C=O) groups is 5. The number of nitrogens with zero attached hydrogens (tertiary/aromatic N) is 2. The highest BCUT2D eigenvalue weighted by Crippen LogP contribution is 2.34. The molecular weight excluding hydrogens is 554 g/mol. The number of benzene rings is 2. The Morgan fingerprint density at radius 2 is 1.63 bits per heavy atom. The number of hydrogen-bond acceptors (Lipinski definition) is 9. The highest BCUT2D eigenvalue weighted by molar-refractivity contribution is 8.18. The minimum absolute atomic E-state index is 0.0305. The molecule has 2 aromatic carbocycles. The van der Waals surface area contributed by atoms with Crippen LogP contribution in [0, 0.1) is 0 Å². The Morgan fingerprint density at radius 1 is 0.951 bits per heavy atom. The number of para-hydroxylation sites is 2. The van der Waals surface area contributed by atoms with Crippen LogP contribution >= 0.6 is 11.8 Å². The molecule has 0 aliphatic carbocycles. The number of carbonyl (C=O) groups excluding carboxylic acids is 3. The van der Waals surface area contributed by atoms with Crippen LogP contribution in [0.4, 0.5) is 16.2 Å². The van der Waals surface area contributed by atoms with Crippen molar-refractivity contribution < 1.29 is 43.3 Å². The van der Waals surface area contributed by atoms with E-state index < -0.39 is 35.5 Å². The van der Waals surface area contributed by atoms with Gasteiger partial charge < -0.3 is 29.6 Å². The molecule has 2 aliphatic heterocycles. The second kappa shape index (κ2) is 11.7. The lowest BCUT2D eigenvalue weighted by Crippen LogP contribution is -2.38. The predicted octanol–water partition coefficient (Wildman–Crippen LogP) is 3.85. The molecule has 0 bridgehead atoms. The molecule has 2 aliphatic rings. The highest BCUT2D eigenvalue weighted by atomic mass is 32.2. The first-order valence-electron chi connectivity index (χ1n) is 12.4. The van der Waals surface area contributed by atoms with E-state index in [0.717, 1.165) is 16.7 Å². The zero-order valence-corrected chi connectivity index (χ0v) is 22.2. The molecule has 0 spiro atoms. The molecule has 210 valence electrons. The third-order valence-electron chi connectivity index (χ3n) is 6.32. The molecule has 3 aromatic rings. The van der Waals surface area contributed by atoms with E-state index in [1.807, 2.05) is 12.1 Å². The summed E-state index contributed by atoms with van der Waals surface area (Å²) in [5.41, 5.74) is 1.12. The molecule has 13 heteroatoms. The van der Waals surface area contributed by atoms with Crippen LogP contribution < -0.4 is 10.2 Å². The van der Waals surface area contributed by atoms with Crippen LogP contribution in [-0.2, 0) is 14.3 Å². The first-order chi connectivity index (χ1) is 19.7. The van der Waals surface area contributed by atoms with Crippen LogP contribution in [0.3, 0.4) is 0 Å². The summed E-state index contributed by atoms with van der Waals surface area (Å²) in [7, 11) is 0. The Hall–Kier alpha value is -4.88. The van der Waals surface area contributed by atoms with Crippen molar-refractivity contribution in [3.63, 3.8) is 0 Å². The van der Waals surface area contributed by atoms with E-state index in [9.17, 15) is 34.2 Å². The first-order valence-corrected chi connectivity index (χ1v) is 13.2. The van der Waals surface area contributed by atoms with Gasteiger partial charge in [-0.05, 0) is 54.2 Å². The van der Waals surface area contributed by atoms with Crippen molar-refractivity contribution in [1.82, 2.24) is 4.90 Å². The van der Waals surface area contributed by atoms with Crippen LogP contribution in [0.25, 0.3) is 17.4 Å². The van der Waals surface area contributed by atoms with Crippen molar-refractivity contribution >= 4 is 58.2 Å². The number of rotatable bonds is 8. The fourth-order valence-corrected chi connectivity index (χ4v) is 5.18. The maximum absolute atomic E-state index is 13.0. The Kier molecular flexibility index (Phi) is 7.90. The van der Waals surface area contributed by atoms with Gasteiger partial charge in [0.25, 0.3) is 11.1 Å². The number of carboxylic acids is 2. The van der Waals surface area contributed by atoms with E-state index >= 15 is 0 Å². The standard InChI is InChI=1S/C28H23N3O9S/c32-24(29-20-3-1-2-4-21(20)30-7-9-39-10-8-30)15-31-25(33)23(41-28(31)38)14-19-5-6-22(40-19)16-11-17(26(34)35)13-18(12-16)27(36)37/h1-6,11-14H,7-10,15H2,(H,29,32)(H,34,35)(H,36,37). The number of nitrogens with one attached hydrogen (secondary N) is 1. The van der Waals surface area contributed by atoms with Gasteiger partial charge >= 0.3 is 11.9 Å². The van der Waals surface area contributed by atoms with Crippen molar-refractivity contribution in [2.24, 2.45) is 0 Å². The van der Waals surface area contributed by atoms with Crippen molar-refractivity contribution in [2.75, 3.05) is 43.1 Å². The summed E-state index contributed by atoms with van der Waals surface area (Å²) in [4.78, 5) is 64.2. The van der Waals surface area contributed by atoms with E-state index in [1.165, 1.54) is 30.3 Å². The quantitative estimate of drug-likeness (QED) is 0.333. The van der Waals surface area contributed by atoms with Crippen molar-refractivity contribution in [1.29, 1.82) is 0 Å². The number of amides is 3. The Labute approximate surface area is 237 Å². The van der Waals surface area contributed by atoms with E-state index in [-0.39, 0.29) is 33.1 Å². The van der Waals surface area contributed by atoms with Crippen molar-refractivity contribution in [2.45, 2.75) is 0 Å². The summed E-state index contributed by atoms with van der Waals surface area (Å²) < 4.78 is 11.1. The van der Waals surface area contributed by atoms with E-state index in [1.54, 1.807) is 12.1 Å². The lowest BCUT2D eigenvalue weighted by molar-refractivity contribution is -0.127. The minimum Gasteiger partial charge on any atom is -0.478 e. The van der Waals surface area contributed by atoms with Crippen LogP contribution in [0.2, 0.25) is 0 Å². The fourth-order valence-electron chi connectivity index (χ4n) is 4.36. The maximum atomic E-state index is 13.0. The van der Waals surface area contributed by atoms with Gasteiger partial charge in [0, 0.05) is 24.7 Å². The Balaban J connectivity index is 1.29. The number of ether oxygens (including phenoxy) is 1. The van der Waals surface area contributed by atoms with Crippen LogP contribution in [0.1, 0.15) is 26.5 Å². The van der Waals surface area contributed by atoms with Crippen LogP contribution in [0.15, 0.2) is 63.9 Å². The van der Waals surface area contributed by atoms with Gasteiger partial charge in [0.15, 0.2) is 0 Å². The van der Waals surface area contributed by atoms with Gasteiger partial charge in [-0.15, -0.1) is 0 Å². The zero-order chi connectivity index (χ0) is 29.1. The molecule has 1 aromatic heterocycles. The highest BCUT2D eigenvalue weighted by Gasteiger charge is 2.36. The van der Waals surface area contributed by atoms with E-state index in [4.69, 9.17) is 9.15 Å². The van der Waals surface area contributed by atoms with Crippen molar-refractivity contribution in [3.8, 4) is 11.3 Å². The summed E-state index contributed by atoms with van der Waals surface area (Å²) in [6.07, 6.45) is 1.33. The van der Waals surface area contributed by atoms with Crippen LogP contribution in [-0.4, -0.2) is 77.0 Å². The maximum Gasteiger partial charge on any atom is 0.335 e. The fraction of sp³-hybridized carbons (Fsp3) is 0.179. The van der Waals surface area contributed by atoms with E-state index in [2.05, 4.69) is 10.2 Å². The molecule has 2 fully saturated rings. The molecule has 3 amide bonds. The van der Waals surface area contributed by atoms with Gasteiger partial charge in [-0.1, -0.05) is 12.1 Å². The molecule has 0 saturated carbocycles. The molecule has 41 heavy (non-hydrogen) atoms. The molecular formula is C28H23N3O9S. The molecule has 0 radical (unpaired) electrons. The number of aromatic carboxylic acids is 2. The second-order valence-electron chi connectivity index (χ2n) is 9.04. The van der Waals surface area contributed by atoms with Crippen LogP contribution in [0.5, 0.6) is 0 Å². The number of carboxylic acid groups (broad SMARTS) is 2. The second-order valence-corrected chi connectivity index (χ2v) is 10.0. The number of anilines is 2. The largest absolute Gasteiger partial charge is 0.478 e.